The quantitative estimate of drug-likeness (QED) is 0.269. The van der Waals surface area contributed by atoms with Crippen LogP contribution in [0.3, 0.4) is 0 Å². The number of carbonyl (C=O) groups is 2. The highest BCUT2D eigenvalue weighted by Crippen LogP contribution is 2.34. The summed E-state index contributed by atoms with van der Waals surface area (Å²) >= 11 is 2.39. The number of sulfone groups is 1. The zero-order valence-electron chi connectivity index (χ0n) is 16.7. The van der Waals surface area contributed by atoms with Crippen molar-refractivity contribution in [2.24, 2.45) is 0 Å². The normalized spacial score (nSPS) is 11.2. The van der Waals surface area contributed by atoms with Crippen LogP contribution in [0.4, 0.5) is 0 Å². The number of benzene rings is 2. The topological polar surface area (TPSA) is 86.7 Å². The van der Waals surface area contributed by atoms with Gasteiger partial charge in [-0.1, -0.05) is 29.8 Å². The van der Waals surface area contributed by atoms with Gasteiger partial charge in [-0.25, -0.2) is 18.0 Å². The molecule has 4 rings (SSSR count). The second-order valence-corrected chi connectivity index (χ2v) is 10.5. The number of ether oxygens (including phenoxy) is 2. The van der Waals surface area contributed by atoms with Gasteiger partial charge in [0.15, 0.2) is 5.75 Å². The minimum atomic E-state index is -4.08. The maximum absolute atomic E-state index is 13.4. The van der Waals surface area contributed by atoms with Gasteiger partial charge in [0.25, 0.3) is 0 Å². The standard InChI is InChI=1S/C23H16O6S3/c1-15-6-9-17(10-7-15)32(26,27)21-14-16(28-22(24)19-4-2-12-30-19)8-11-18(21)29-23(25)20-5-3-13-31-20/h2-14H,1H3. The van der Waals surface area contributed by atoms with Crippen LogP contribution in [-0.4, -0.2) is 20.4 Å². The molecular weight excluding hydrogens is 468 g/mol. The molecule has 2 heterocycles. The van der Waals surface area contributed by atoms with E-state index in [0.29, 0.717) is 9.75 Å². The monoisotopic (exact) mass is 484 g/mol. The Bertz CT molecular complexity index is 1350. The van der Waals surface area contributed by atoms with Crippen molar-refractivity contribution in [1.82, 2.24) is 0 Å². The van der Waals surface area contributed by atoms with Gasteiger partial charge < -0.3 is 9.47 Å². The Morgan fingerprint density at radius 3 is 1.94 bits per heavy atom. The summed E-state index contributed by atoms with van der Waals surface area (Å²) in [5.41, 5.74) is 0.895. The first-order chi connectivity index (χ1) is 15.3. The van der Waals surface area contributed by atoms with Crippen LogP contribution in [0.25, 0.3) is 0 Å². The van der Waals surface area contributed by atoms with Crippen LogP contribution in [0.2, 0.25) is 0 Å². The molecule has 4 aromatic rings. The van der Waals surface area contributed by atoms with Crippen molar-refractivity contribution in [2.45, 2.75) is 16.7 Å². The Kier molecular flexibility index (Phi) is 6.22. The molecule has 0 saturated carbocycles. The van der Waals surface area contributed by atoms with Gasteiger partial charge in [0.1, 0.15) is 20.4 Å². The molecule has 0 bridgehead atoms. The molecule has 0 unspecified atom stereocenters. The molecule has 0 aliphatic heterocycles. The first-order valence-electron chi connectivity index (χ1n) is 9.32. The third kappa shape index (κ3) is 4.64. The van der Waals surface area contributed by atoms with Crippen LogP contribution in [-0.2, 0) is 9.84 Å². The number of hydrogen-bond acceptors (Lipinski definition) is 8. The molecule has 0 saturated heterocycles. The van der Waals surface area contributed by atoms with Crippen LogP contribution in [0, 0.1) is 6.92 Å². The smallest absolute Gasteiger partial charge is 0.353 e. The highest BCUT2D eigenvalue weighted by Gasteiger charge is 2.26. The van der Waals surface area contributed by atoms with Crippen LogP contribution in [0.15, 0.2) is 87.3 Å². The van der Waals surface area contributed by atoms with E-state index in [1.54, 1.807) is 47.2 Å². The van der Waals surface area contributed by atoms with Gasteiger partial charge in [-0.05, 0) is 54.1 Å². The van der Waals surface area contributed by atoms with Crippen LogP contribution in [0.1, 0.15) is 24.9 Å². The van der Waals surface area contributed by atoms with Crippen molar-refractivity contribution in [1.29, 1.82) is 0 Å². The predicted octanol–water partition coefficient (Wildman–Crippen LogP) is 5.39. The summed E-state index contributed by atoms with van der Waals surface area (Å²) in [6.45, 7) is 1.84. The van der Waals surface area contributed by atoms with E-state index in [-0.39, 0.29) is 21.3 Å². The first kappa shape index (κ1) is 21.9. The lowest BCUT2D eigenvalue weighted by atomic mass is 10.2. The number of aryl methyl sites for hydroxylation is 1. The van der Waals surface area contributed by atoms with Gasteiger partial charge in [0, 0.05) is 6.07 Å². The van der Waals surface area contributed by atoms with E-state index in [0.717, 1.165) is 5.56 Å². The number of thiophene rings is 2. The summed E-state index contributed by atoms with van der Waals surface area (Å²) < 4.78 is 37.5. The summed E-state index contributed by atoms with van der Waals surface area (Å²) in [4.78, 5) is 25.2. The van der Waals surface area contributed by atoms with E-state index in [1.165, 1.54) is 53.0 Å². The maximum Gasteiger partial charge on any atom is 0.353 e. The SMILES string of the molecule is Cc1ccc(S(=O)(=O)c2cc(OC(=O)c3cccs3)ccc2OC(=O)c2cccs2)cc1. The highest BCUT2D eigenvalue weighted by molar-refractivity contribution is 7.91. The summed E-state index contributed by atoms with van der Waals surface area (Å²) in [5.74, 6) is -1.42. The van der Waals surface area contributed by atoms with E-state index in [1.807, 2.05) is 6.92 Å². The maximum atomic E-state index is 13.4. The van der Waals surface area contributed by atoms with Gasteiger partial charge in [-0.15, -0.1) is 22.7 Å². The zero-order chi connectivity index (χ0) is 22.7. The van der Waals surface area contributed by atoms with Crippen molar-refractivity contribution in [2.75, 3.05) is 0 Å². The van der Waals surface area contributed by atoms with Crippen molar-refractivity contribution in [3.8, 4) is 11.5 Å². The molecule has 2 aromatic heterocycles. The molecule has 0 aliphatic rings. The van der Waals surface area contributed by atoms with Crippen molar-refractivity contribution in [3.63, 3.8) is 0 Å². The lowest BCUT2D eigenvalue weighted by Gasteiger charge is -2.13. The lowest BCUT2D eigenvalue weighted by Crippen LogP contribution is -2.12. The third-order valence-electron chi connectivity index (χ3n) is 4.39. The summed E-state index contributed by atoms with van der Waals surface area (Å²) in [6.07, 6.45) is 0. The van der Waals surface area contributed by atoms with E-state index < -0.39 is 21.8 Å². The molecule has 6 nitrogen and oxygen atoms in total. The fourth-order valence-corrected chi connectivity index (χ4v) is 5.38. The van der Waals surface area contributed by atoms with E-state index in [4.69, 9.17) is 9.47 Å². The first-order valence-corrected chi connectivity index (χ1v) is 12.6. The largest absolute Gasteiger partial charge is 0.422 e. The molecule has 0 atom stereocenters. The Hall–Kier alpha value is -3.27. The third-order valence-corrected chi connectivity index (χ3v) is 7.88. The van der Waals surface area contributed by atoms with Crippen LogP contribution < -0.4 is 9.47 Å². The van der Waals surface area contributed by atoms with Crippen LogP contribution >= 0.6 is 22.7 Å². The second kappa shape index (κ2) is 9.07. The Labute approximate surface area is 192 Å². The number of esters is 2. The molecule has 2 aromatic carbocycles. The molecule has 0 spiro atoms. The molecule has 0 radical (unpaired) electrons. The minimum absolute atomic E-state index is 0.0185. The van der Waals surface area contributed by atoms with E-state index in [2.05, 4.69) is 0 Å². The Morgan fingerprint density at radius 2 is 1.38 bits per heavy atom. The average Bonchev–Trinajstić information content (AvgIpc) is 3.49. The van der Waals surface area contributed by atoms with Crippen molar-refractivity contribution < 1.29 is 27.5 Å². The van der Waals surface area contributed by atoms with Crippen molar-refractivity contribution >= 4 is 44.4 Å². The molecule has 0 N–H and O–H groups in total. The molecule has 162 valence electrons. The lowest BCUT2D eigenvalue weighted by molar-refractivity contribution is 0.0720. The van der Waals surface area contributed by atoms with Crippen LogP contribution in [0.5, 0.6) is 11.5 Å². The zero-order valence-corrected chi connectivity index (χ0v) is 19.1. The fourth-order valence-electron chi connectivity index (χ4n) is 2.79. The minimum Gasteiger partial charge on any atom is -0.422 e. The molecule has 9 heteroatoms. The van der Waals surface area contributed by atoms with Crippen molar-refractivity contribution in [3.05, 3.63) is 92.8 Å². The number of carbonyl (C=O) groups excluding carboxylic acids is 2. The van der Waals surface area contributed by atoms with E-state index in [9.17, 15) is 18.0 Å². The van der Waals surface area contributed by atoms with Gasteiger partial charge in [-0.2, -0.15) is 0 Å². The number of hydrogen-bond donors (Lipinski definition) is 0. The summed E-state index contributed by atoms with van der Waals surface area (Å²) in [6, 6.07) is 16.8. The number of rotatable bonds is 6. The molecule has 0 fully saturated rings. The highest BCUT2D eigenvalue weighted by atomic mass is 32.2. The summed E-state index contributed by atoms with van der Waals surface area (Å²) in [7, 11) is -4.08. The second-order valence-electron chi connectivity index (χ2n) is 6.66. The molecule has 0 amide bonds. The van der Waals surface area contributed by atoms with Gasteiger partial charge in [0.05, 0.1) is 4.90 Å². The Morgan fingerprint density at radius 1 is 0.781 bits per heavy atom. The van der Waals surface area contributed by atoms with E-state index >= 15 is 0 Å². The average molecular weight is 485 g/mol. The molecule has 32 heavy (non-hydrogen) atoms. The fraction of sp³-hybridized carbons (Fsp3) is 0.0435. The van der Waals surface area contributed by atoms with Gasteiger partial charge >= 0.3 is 11.9 Å². The Balaban J connectivity index is 1.74. The van der Waals surface area contributed by atoms with Gasteiger partial charge in [-0.3, -0.25) is 0 Å². The molecular formula is C23H16O6S3. The predicted molar refractivity (Wildman–Crippen MR) is 122 cm³/mol. The van der Waals surface area contributed by atoms with Gasteiger partial charge in [0.2, 0.25) is 9.84 Å². The summed E-state index contributed by atoms with van der Waals surface area (Å²) in [5, 5.41) is 3.45. The molecule has 0 aliphatic carbocycles.